The third-order valence-electron chi connectivity index (χ3n) is 3.91. The quantitative estimate of drug-likeness (QED) is 0.780. The highest BCUT2D eigenvalue weighted by atomic mass is 16.4. The molecule has 0 spiro atoms. The molecular formula is C17H16N2O3. The van der Waals surface area contributed by atoms with Crippen LogP contribution in [0.25, 0.3) is 22.0 Å². The molecule has 5 nitrogen and oxygen atoms in total. The van der Waals surface area contributed by atoms with Gasteiger partial charge in [0.1, 0.15) is 5.69 Å². The summed E-state index contributed by atoms with van der Waals surface area (Å²) in [5, 5.41) is 10.3. The number of hydrogen-bond acceptors (Lipinski definition) is 2. The van der Waals surface area contributed by atoms with Gasteiger partial charge in [-0.05, 0) is 23.6 Å². The van der Waals surface area contributed by atoms with Gasteiger partial charge in [-0.3, -0.25) is 4.79 Å². The van der Waals surface area contributed by atoms with E-state index < -0.39 is 5.97 Å². The van der Waals surface area contributed by atoms with Crippen LogP contribution in [0.1, 0.15) is 23.0 Å². The fourth-order valence-electron chi connectivity index (χ4n) is 2.74. The Bertz CT molecular complexity index is 935. The summed E-state index contributed by atoms with van der Waals surface area (Å²) in [5.74, 6) is -1.03. The summed E-state index contributed by atoms with van der Waals surface area (Å²) in [6.45, 7) is 2.02. The summed E-state index contributed by atoms with van der Waals surface area (Å²) in [5.41, 5.74) is 2.99. The molecule has 0 saturated carbocycles. The van der Waals surface area contributed by atoms with Crippen molar-refractivity contribution in [3.8, 4) is 11.1 Å². The predicted octanol–water partition coefficient (Wildman–Crippen LogP) is 2.79. The molecule has 2 heterocycles. The van der Waals surface area contributed by atoms with E-state index in [0.717, 1.165) is 22.9 Å². The first-order chi connectivity index (χ1) is 10.5. The summed E-state index contributed by atoms with van der Waals surface area (Å²) in [6.07, 6.45) is 2.44. The molecule has 1 aromatic carbocycles. The van der Waals surface area contributed by atoms with E-state index in [0.29, 0.717) is 11.1 Å². The number of fused-ring (bicyclic) bond motifs is 1. The van der Waals surface area contributed by atoms with E-state index in [1.165, 1.54) is 10.6 Å². The van der Waals surface area contributed by atoms with E-state index in [-0.39, 0.29) is 11.3 Å². The van der Waals surface area contributed by atoms with Crippen LogP contribution in [0.15, 0.2) is 41.3 Å². The number of nitrogens with zero attached hydrogens (tertiary/aromatic N) is 1. The van der Waals surface area contributed by atoms with Gasteiger partial charge in [-0.25, -0.2) is 4.79 Å². The van der Waals surface area contributed by atoms with Gasteiger partial charge >= 0.3 is 5.97 Å². The van der Waals surface area contributed by atoms with Crippen molar-refractivity contribution in [2.45, 2.75) is 13.3 Å². The van der Waals surface area contributed by atoms with E-state index in [4.69, 9.17) is 0 Å². The lowest BCUT2D eigenvalue weighted by atomic mass is 10.0. The SMILES string of the molecule is CCc1cccc2c(-c3ccn(C)c(=O)c3)c(C(=O)O)[nH]c12. The number of aromatic amines is 1. The van der Waals surface area contributed by atoms with Crippen molar-refractivity contribution in [1.29, 1.82) is 0 Å². The number of para-hydroxylation sites is 1. The highest BCUT2D eigenvalue weighted by molar-refractivity contribution is 6.08. The number of carboxylic acid groups (broad SMARTS) is 1. The second kappa shape index (κ2) is 5.18. The monoisotopic (exact) mass is 296 g/mol. The molecule has 5 heteroatoms. The molecule has 0 aliphatic carbocycles. The van der Waals surface area contributed by atoms with Gasteiger partial charge in [0.25, 0.3) is 5.56 Å². The molecule has 0 radical (unpaired) electrons. The Kier molecular flexibility index (Phi) is 3.33. The van der Waals surface area contributed by atoms with Gasteiger partial charge in [-0.2, -0.15) is 0 Å². The number of H-pyrrole nitrogens is 1. The van der Waals surface area contributed by atoms with E-state index in [2.05, 4.69) is 4.98 Å². The number of carbonyl (C=O) groups is 1. The van der Waals surface area contributed by atoms with Crippen LogP contribution in [0.2, 0.25) is 0 Å². The number of aromatic nitrogens is 2. The summed E-state index contributed by atoms with van der Waals surface area (Å²) >= 11 is 0. The molecule has 0 unspecified atom stereocenters. The number of pyridine rings is 1. The van der Waals surface area contributed by atoms with Crippen molar-refractivity contribution in [2.75, 3.05) is 0 Å². The Morgan fingerprint density at radius 3 is 2.73 bits per heavy atom. The average Bonchev–Trinajstić information content (AvgIpc) is 2.89. The van der Waals surface area contributed by atoms with Gasteiger partial charge in [0.05, 0.1) is 0 Å². The first kappa shape index (κ1) is 14.1. The lowest BCUT2D eigenvalue weighted by Crippen LogP contribution is -2.14. The molecule has 3 aromatic rings. The number of rotatable bonds is 3. The van der Waals surface area contributed by atoms with Gasteiger partial charge in [-0.15, -0.1) is 0 Å². The Morgan fingerprint density at radius 1 is 1.32 bits per heavy atom. The molecule has 112 valence electrons. The molecule has 0 fully saturated rings. The third-order valence-corrected chi connectivity index (χ3v) is 3.91. The Labute approximate surface area is 126 Å². The summed E-state index contributed by atoms with van der Waals surface area (Å²) in [7, 11) is 1.66. The smallest absolute Gasteiger partial charge is 0.352 e. The first-order valence-corrected chi connectivity index (χ1v) is 7.06. The van der Waals surface area contributed by atoms with Crippen molar-refractivity contribution < 1.29 is 9.90 Å². The van der Waals surface area contributed by atoms with Crippen molar-refractivity contribution in [3.05, 3.63) is 58.1 Å². The minimum absolute atomic E-state index is 0.115. The molecule has 0 atom stereocenters. The number of hydrogen-bond donors (Lipinski definition) is 2. The lowest BCUT2D eigenvalue weighted by Gasteiger charge is -2.04. The van der Waals surface area contributed by atoms with E-state index in [1.807, 2.05) is 25.1 Å². The molecule has 2 aromatic heterocycles. The van der Waals surface area contributed by atoms with E-state index >= 15 is 0 Å². The van der Waals surface area contributed by atoms with Crippen molar-refractivity contribution in [2.24, 2.45) is 7.05 Å². The molecule has 0 aliphatic heterocycles. The third kappa shape index (κ3) is 2.11. The molecule has 22 heavy (non-hydrogen) atoms. The van der Waals surface area contributed by atoms with Crippen molar-refractivity contribution >= 4 is 16.9 Å². The zero-order chi connectivity index (χ0) is 15.9. The van der Waals surface area contributed by atoms with Gasteiger partial charge in [0.2, 0.25) is 0 Å². The minimum Gasteiger partial charge on any atom is -0.477 e. The fraction of sp³-hybridized carbons (Fsp3) is 0.176. The van der Waals surface area contributed by atoms with E-state index in [9.17, 15) is 14.7 Å². The van der Waals surface area contributed by atoms with E-state index in [1.54, 1.807) is 19.3 Å². The maximum Gasteiger partial charge on any atom is 0.352 e. The van der Waals surface area contributed by atoms with Crippen LogP contribution in [0.5, 0.6) is 0 Å². The Balaban J connectivity index is 2.40. The average molecular weight is 296 g/mol. The van der Waals surface area contributed by atoms with Crippen LogP contribution in [0.3, 0.4) is 0 Å². The first-order valence-electron chi connectivity index (χ1n) is 7.06. The number of carboxylic acids is 1. The normalized spacial score (nSPS) is 11.0. The maximum atomic E-state index is 11.9. The number of aryl methyl sites for hydroxylation is 2. The largest absolute Gasteiger partial charge is 0.477 e. The molecule has 0 aliphatic rings. The zero-order valence-corrected chi connectivity index (χ0v) is 12.4. The van der Waals surface area contributed by atoms with Crippen LogP contribution in [-0.2, 0) is 13.5 Å². The van der Waals surface area contributed by atoms with Gasteiger partial charge < -0.3 is 14.7 Å². The van der Waals surface area contributed by atoms with Crippen LogP contribution < -0.4 is 5.56 Å². The van der Waals surface area contributed by atoms with Gasteiger partial charge in [0.15, 0.2) is 0 Å². The van der Waals surface area contributed by atoms with Crippen LogP contribution >= 0.6 is 0 Å². The Morgan fingerprint density at radius 2 is 2.09 bits per heavy atom. The topological polar surface area (TPSA) is 75.1 Å². The van der Waals surface area contributed by atoms with Crippen LogP contribution in [-0.4, -0.2) is 20.6 Å². The summed E-state index contributed by atoms with van der Waals surface area (Å²) in [6, 6.07) is 8.98. The van der Waals surface area contributed by atoms with Crippen LogP contribution in [0.4, 0.5) is 0 Å². The highest BCUT2D eigenvalue weighted by Gasteiger charge is 2.20. The predicted molar refractivity (Wildman–Crippen MR) is 85.3 cm³/mol. The second-order valence-corrected chi connectivity index (χ2v) is 5.24. The maximum absolute atomic E-state index is 11.9. The number of aromatic carboxylic acids is 1. The fourth-order valence-corrected chi connectivity index (χ4v) is 2.74. The number of nitrogens with one attached hydrogen (secondary N) is 1. The van der Waals surface area contributed by atoms with Crippen molar-refractivity contribution in [1.82, 2.24) is 9.55 Å². The summed E-state index contributed by atoms with van der Waals surface area (Å²) < 4.78 is 1.45. The highest BCUT2D eigenvalue weighted by Crippen LogP contribution is 2.33. The zero-order valence-electron chi connectivity index (χ0n) is 12.4. The molecule has 2 N–H and O–H groups in total. The standard InChI is InChI=1S/C17H16N2O3/c1-3-10-5-4-6-12-14(16(17(21)22)18-15(10)12)11-7-8-19(2)13(20)9-11/h4-9,18H,3H2,1-2H3,(H,21,22). The summed E-state index contributed by atoms with van der Waals surface area (Å²) in [4.78, 5) is 26.5. The molecular weight excluding hydrogens is 280 g/mol. The van der Waals surface area contributed by atoms with Gasteiger partial charge in [-0.1, -0.05) is 25.1 Å². The number of benzene rings is 1. The molecule has 0 saturated heterocycles. The lowest BCUT2D eigenvalue weighted by molar-refractivity contribution is 0.0692. The second-order valence-electron chi connectivity index (χ2n) is 5.24. The van der Waals surface area contributed by atoms with Crippen molar-refractivity contribution in [3.63, 3.8) is 0 Å². The van der Waals surface area contributed by atoms with Gasteiger partial charge in [0, 0.05) is 35.8 Å². The minimum atomic E-state index is -1.03. The Hall–Kier alpha value is -2.82. The molecule has 3 rings (SSSR count). The molecule has 0 amide bonds. The molecule has 0 bridgehead atoms. The van der Waals surface area contributed by atoms with Crippen LogP contribution in [0, 0.1) is 0 Å².